The van der Waals surface area contributed by atoms with E-state index in [9.17, 15) is 29.8 Å². The number of nitro groups is 2. The van der Waals surface area contributed by atoms with Crippen LogP contribution in [0.15, 0.2) is 12.1 Å². The van der Waals surface area contributed by atoms with Crippen LogP contribution in [0.3, 0.4) is 0 Å². The maximum Gasteiger partial charge on any atom is 0.306 e. The molecule has 0 saturated carbocycles. The molecule has 0 aliphatic carbocycles. The number of esters is 2. The van der Waals surface area contributed by atoms with Gasteiger partial charge in [-0.15, -0.1) is 0 Å². The van der Waals surface area contributed by atoms with Gasteiger partial charge in [-0.05, 0) is 19.8 Å². The first-order valence-corrected chi connectivity index (χ1v) is 8.99. The van der Waals surface area contributed by atoms with Crippen molar-refractivity contribution in [3.63, 3.8) is 0 Å². The number of rotatable bonds is 12. The van der Waals surface area contributed by atoms with E-state index >= 15 is 0 Å². The Morgan fingerprint density at radius 3 is 2.18 bits per heavy atom. The summed E-state index contributed by atoms with van der Waals surface area (Å²) >= 11 is 0. The minimum absolute atomic E-state index is 0.0277. The average Bonchev–Trinajstić information content (AvgIpc) is 2.64. The number of nitrogens with zero attached hydrogens (tertiary/aromatic N) is 2. The Balaban J connectivity index is 2.51. The predicted octanol–water partition coefficient (Wildman–Crippen LogP) is 3.76. The summed E-state index contributed by atoms with van der Waals surface area (Å²) in [7, 11) is 0. The topological polar surface area (TPSA) is 139 Å². The molecule has 10 heteroatoms. The second-order valence-electron chi connectivity index (χ2n) is 6.21. The van der Waals surface area contributed by atoms with E-state index in [4.69, 9.17) is 9.47 Å². The van der Waals surface area contributed by atoms with Gasteiger partial charge >= 0.3 is 11.9 Å². The lowest BCUT2D eigenvalue weighted by Crippen LogP contribution is -2.09. The lowest BCUT2D eigenvalue weighted by molar-refractivity contribution is -0.394. The van der Waals surface area contributed by atoms with Crippen molar-refractivity contribution in [2.45, 2.75) is 59.0 Å². The zero-order chi connectivity index (χ0) is 21.1. The predicted molar refractivity (Wildman–Crippen MR) is 98.6 cm³/mol. The first-order chi connectivity index (χ1) is 13.3. The van der Waals surface area contributed by atoms with Gasteiger partial charge in [0.2, 0.25) is 0 Å². The Hall–Kier alpha value is -3.04. The van der Waals surface area contributed by atoms with Crippen LogP contribution in [0, 0.1) is 27.2 Å². The summed E-state index contributed by atoms with van der Waals surface area (Å²) in [6.45, 7) is 3.51. The van der Waals surface area contributed by atoms with Gasteiger partial charge in [0.25, 0.3) is 11.4 Å². The van der Waals surface area contributed by atoms with Crippen molar-refractivity contribution in [2.24, 2.45) is 0 Å². The van der Waals surface area contributed by atoms with Crippen LogP contribution in [0.5, 0.6) is 0 Å². The van der Waals surface area contributed by atoms with E-state index in [-0.39, 0.29) is 43.0 Å². The molecule has 0 fully saturated rings. The third-order valence-corrected chi connectivity index (χ3v) is 4.04. The second-order valence-corrected chi connectivity index (χ2v) is 6.21. The number of carbonyl (C=O) groups excluding carboxylic acids is 2. The van der Waals surface area contributed by atoms with Gasteiger partial charge in [0.15, 0.2) is 0 Å². The number of nitro benzene ring substituents is 2. The number of hydrogen-bond donors (Lipinski definition) is 0. The van der Waals surface area contributed by atoms with E-state index in [1.165, 1.54) is 6.92 Å². The summed E-state index contributed by atoms with van der Waals surface area (Å²) in [5, 5.41) is 22.0. The minimum Gasteiger partial charge on any atom is -0.466 e. The third kappa shape index (κ3) is 7.68. The van der Waals surface area contributed by atoms with Crippen LogP contribution in [0.25, 0.3) is 0 Å². The Morgan fingerprint density at radius 2 is 1.61 bits per heavy atom. The highest BCUT2D eigenvalue weighted by atomic mass is 16.6. The number of hydrogen-bond acceptors (Lipinski definition) is 8. The zero-order valence-corrected chi connectivity index (χ0v) is 16.0. The molecule has 0 aliphatic rings. The summed E-state index contributed by atoms with van der Waals surface area (Å²) in [6, 6.07) is 2.01. The monoisotopic (exact) mass is 396 g/mol. The Kier molecular flexibility index (Phi) is 9.55. The lowest BCUT2D eigenvalue weighted by atomic mass is 10.1. The Bertz CT molecular complexity index is 733. The van der Waals surface area contributed by atoms with Gasteiger partial charge in [0.1, 0.15) is 6.61 Å². The number of benzene rings is 1. The van der Waals surface area contributed by atoms with Gasteiger partial charge in [-0.25, -0.2) is 0 Å². The molecule has 0 heterocycles. The molecule has 0 bridgehead atoms. The summed E-state index contributed by atoms with van der Waals surface area (Å²) < 4.78 is 10.1. The molecular weight excluding hydrogens is 372 g/mol. The van der Waals surface area contributed by atoms with Crippen molar-refractivity contribution in [2.75, 3.05) is 6.61 Å². The molecule has 0 unspecified atom stereocenters. The highest BCUT2D eigenvalue weighted by molar-refractivity contribution is 5.72. The number of carbonyl (C=O) groups is 2. The molecule has 0 aromatic heterocycles. The van der Waals surface area contributed by atoms with Gasteiger partial charge < -0.3 is 9.47 Å². The van der Waals surface area contributed by atoms with Gasteiger partial charge in [-0.2, -0.15) is 0 Å². The normalized spacial score (nSPS) is 10.4. The van der Waals surface area contributed by atoms with Crippen LogP contribution in [0.4, 0.5) is 11.4 Å². The van der Waals surface area contributed by atoms with Gasteiger partial charge in [0, 0.05) is 30.0 Å². The van der Waals surface area contributed by atoms with Crippen LogP contribution in [-0.2, 0) is 25.7 Å². The molecule has 0 N–H and O–H groups in total. The molecule has 1 aromatic rings. The summed E-state index contributed by atoms with van der Waals surface area (Å²) in [4.78, 5) is 43.8. The number of ether oxygens (including phenoxy) is 2. The van der Waals surface area contributed by atoms with Crippen LogP contribution in [0.1, 0.15) is 56.6 Å². The van der Waals surface area contributed by atoms with Crippen LogP contribution in [0.2, 0.25) is 0 Å². The van der Waals surface area contributed by atoms with E-state index in [0.717, 1.165) is 31.4 Å². The first kappa shape index (κ1) is 23.0. The lowest BCUT2D eigenvalue weighted by Gasteiger charge is -2.08. The fourth-order valence-electron chi connectivity index (χ4n) is 2.40. The SMILES string of the molecule is CCCCCOC(=O)CCCC(=O)OCc1cc([N+](=O)[O-])cc([N+](=O)[O-])c1C. The van der Waals surface area contributed by atoms with Crippen LogP contribution >= 0.6 is 0 Å². The zero-order valence-electron chi connectivity index (χ0n) is 16.0. The number of unbranched alkanes of at least 4 members (excludes halogenated alkanes) is 2. The molecule has 0 spiro atoms. The van der Waals surface area contributed by atoms with E-state index < -0.39 is 27.2 Å². The van der Waals surface area contributed by atoms with Crippen molar-refractivity contribution in [3.05, 3.63) is 43.5 Å². The van der Waals surface area contributed by atoms with Crippen molar-refractivity contribution >= 4 is 23.3 Å². The number of non-ortho nitro benzene ring substituents is 1. The largest absolute Gasteiger partial charge is 0.466 e. The molecule has 0 saturated heterocycles. The van der Waals surface area contributed by atoms with Crippen LogP contribution < -0.4 is 0 Å². The van der Waals surface area contributed by atoms with E-state index in [1.54, 1.807) is 0 Å². The molecular formula is C18H24N2O8. The molecule has 0 radical (unpaired) electrons. The quantitative estimate of drug-likeness (QED) is 0.225. The van der Waals surface area contributed by atoms with Crippen LogP contribution in [-0.4, -0.2) is 28.4 Å². The van der Waals surface area contributed by atoms with Crippen molar-refractivity contribution in [3.8, 4) is 0 Å². The van der Waals surface area contributed by atoms with Gasteiger partial charge in [0.05, 0.1) is 22.5 Å². The molecule has 0 amide bonds. The second kappa shape index (κ2) is 11.6. The standard InChI is InChI=1S/C18H24N2O8/c1-3-4-5-9-27-17(21)7-6-8-18(22)28-12-14-10-15(19(23)24)11-16(13(14)2)20(25)26/h10-11H,3-9,12H2,1-2H3. The average molecular weight is 396 g/mol. The fraction of sp³-hybridized carbons (Fsp3) is 0.556. The molecule has 1 rings (SSSR count). The summed E-state index contributed by atoms with van der Waals surface area (Å²) in [5.74, 6) is -0.985. The van der Waals surface area contributed by atoms with Gasteiger partial charge in [-0.1, -0.05) is 19.8 Å². The fourth-order valence-corrected chi connectivity index (χ4v) is 2.40. The molecule has 0 atom stereocenters. The molecule has 28 heavy (non-hydrogen) atoms. The van der Waals surface area contributed by atoms with E-state index in [2.05, 4.69) is 0 Å². The highest BCUT2D eigenvalue weighted by Crippen LogP contribution is 2.28. The van der Waals surface area contributed by atoms with Crippen molar-refractivity contribution < 1.29 is 28.9 Å². The highest BCUT2D eigenvalue weighted by Gasteiger charge is 2.22. The smallest absolute Gasteiger partial charge is 0.306 e. The van der Waals surface area contributed by atoms with Gasteiger partial charge in [-0.3, -0.25) is 29.8 Å². The summed E-state index contributed by atoms with van der Waals surface area (Å²) in [5.41, 5.74) is -0.483. The van der Waals surface area contributed by atoms with Crippen molar-refractivity contribution in [1.82, 2.24) is 0 Å². The van der Waals surface area contributed by atoms with Crippen molar-refractivity contribution in [1.29, 1.82) is 0 Å². The minimum atomic E-state index is -0.746. The Morgan fingerprint density at radius 1 is 0.964 bits per heavy atom. The third-order valence-electron chi connectivity index (χ3n) is 4.04. The summed E-state index contributed by atoms with van der Waals surface area (Å²) in [6.07, 6.45) is 3.12. The maximum atomic E-state index is 11.8. The van der Waals surface area contributed by atoms with E-state index in [0.29, 0.717) is 6.61 Å². The molecule has 10 nitrogen and oxygen atoms in total. The Labute approximate surface area is 162 Å². The molecule has 1 aromatic carbocycles. The molecule has 154 valence electrons. The first-order valence-electron chi connectivity index (χ1n) is 8.99. The van der Waals surface area contributed by atoms with E-state index in [1.807, 2.05) is 6.92 Å². The molecule has 0 aliphatic heterocycles. The maximum absolute atomic E-state index is 11.8.